The highest BCUT2D eigenvalue weighted by Gasteiger charge is 2.05. The van der Waals surface area contributed by atoms with Gasteiger partial charge in [0.05, 0.1) is 5.75 Å². The smallest absolute Gasteiger partial charge is 0.212 e. The van der Waals surface area contributed by atoms with Gasteiger partial charge in [-0.15, -0.1) is 0 Å². The molecule has 0 aliphatic heterocycles. The van der Waals surface area contributed by atoms with E-state index < -0.39 is 9.05 Å². The van der Waals surface area contributed by atoms with Gasteiger partial charge in [0.25, 0.3) is 0 Å². The van der Waals surface area contributed by atoms with Crippen LogP contribution >= 0.6 is 10.7 Å². The van der Waals surface area contributed by atoms with Crippen LogP contribution < -0.4 is 0 Å². The summed E-state index contributed by atoms with van der Waals surface area (Å²) in [5, 5.41) is 0. The molecule has 1 aromatic carbocycles. The summed E-state index contributed by atoms with van der Waals surface area (Å²) in [4.78, 5) is 0. The van der Waals surface area contributed by atoms with Crippen molar-refractivity contribution in [2.24, 2.45) is 0 Å². The zero-order valence-corrected chi connectivity index (χ0v) is 10.5. The highest BCUT2D eigenvalue weighted by Crippen LogP contribution is 2.15. The summed E-state index contributed by atoms with van der Waals surface area (Å²) in [5.41, 5.74) is 2.26. The third-order valence-corrected chi connectivity index (χ3v) is 3.44. The van der Waals surface area contributed by atoms with Crippen molar-refractivity contribution in [2.45, 2.75) is 26.2 Å². The van der Waals surface area contributed by atoms with Crippen molar-refractivity contribution in [2.75, 3.05) is 5.75 Å². The summed E-state index contributed by atoms with van der Waals surface area (Å²) in [6.07, 6.45) is 0.476. The maximum absolute atomic E-state index is 10.7. The maximum Gasteiger partial charge on any atom is 0.232 e. The molecule has 0 N–H and O–H groups in total. The molecular formula is C11H15ClO2S. The normalized spacial score (nSPS) is 12.0. The Kier molecular flexibility index (Phi) is 4.17. The van der Waals surface area contributed by atoms with Crippen LogP contribution in [0.4, 0.5) is 0 Å². The van der Waals surface area contributed by atoms with E-state index >= 15 is 0 Å². The Morgan fingerprint density at radius 1 is 1.20 bits per heavy atom. The first-order valence-corrected chi connectivity index (χ1v) is 7.37. The first kappa shape index (κ1) is 12.5. The first-order valence-electron chi connectivity index (χ1n) is 4.89. The van der Waals surface area contributed by atoms with E-state index in [4.69, 9.17) is 10.7 Å². The topological polar surface area (TPSA) is 34.1 Å². The van der Waals surface area contributed by atoms with Crippen LogP contribution in [0, 0.1) is 0 Å². The van der Waals surface area contributed by atoms with Crippen LogP contribution in [0.1, 0.15) is 30.9 Å². The highest BCUT2D eigenvalue weighted by atomic mass is 35.7. The molecule has 1 rings (SSSR count). The van der Waals surface area contributed by atoms with Gasteiger partial charge < -0.3 is 0 Å². The lowest BCUT2D eigenvalue weighted by atomic mass is 10.0. The van der Waals surface area contributed by atoms with E-state index in [1.165, 1.54) is 5.56 Å². The molecule has 0 unspecified atom stereocenters. The Balaban J connectivity index is 2.65. The largest absolute Gasteiger partial charge is 0.232 e. The van der Waals surface area contributed by atoms with E-state index in [0.717, 1.165) is 5.56 Å². The fourth-order valence-corrected chi connectivity index (χ4v) is 2.02. The van der Waals surface area contributed by atoms with Gasteiger partial charge in [0.15, 0.2) is 0 Å². The molecule has 0 fully saturated rings. The second kappa shape index (κ2) is 4.99. The summed E-state index contributed by atoms with van der Waals surface area (Å²) in [7, 11) is 1.76. The van der Waals surface area contributed by atoms with Crippen molar-refractivity contribution in [3.05, 3.63) is 35.4 Å². The van der Waals surface area contributed by atoms with E-state index in [9.17, 15) is 8.42 Å². The minimum atomic E-state index is -3.38. The van der Waals surface area contributed by atoms with Crippen molar-refractivity contribution in [3.63, 3.8) is 0 Å². The molecule has 0 saturated carbocycles. The lowest BCUT2D eigenvalue weighted by Gasteiger charge is -2.06. The van der Waals surface area contributed by atoms with E-state index in [-0.39, 0.29) is 5.75 Å². The second-order valence-corrected chi connectivity index (χ2v) is 6.79. The van der Waals surface area contributed by atoms with E-state index in [1.54, 1.807) is 0 Å². The van der Waals surface area contributed by atoms with Crippen molar-refractivity contribution in [1.29, 1.82) is 0 Å². The molecular weight excluding hydrogens is 232 g/mol. The molecule has 0 spiro atoms. The fraction of sp³-hybridized carbons (Fsp3) is 0.455. The number of aryl methyl sites for hydroxylation is 1. The number of rotatable bonds is 4. The molecule has 1 aromatic rings. The average Bonchev–Trinajstić information content (AvgIpc) is 2.14. The maximum atomic E-state index is 10.7. The van der Waals surface area contributed by atoms with Gasteiger partial charge in [-0.1, -0.05) is 38.1 Å². The third-order valence-electron chi connectivity index (χ3n) is 2.28. The molecule has 0 saturated heterocycles. The second-order valence-electron chi connectivity index (χ2n) is 3.89. The third kappa shape index (κ3) is 4.67. The summed E-state index contributed by atoms with van der Waals surface area (Å²) in [5.74, 6) is 0.492. The van der Waals surface area contributed by atoms with Crippen molar-refractivity contribution in [1.82, 2.24) is 0 Å². The van der Waals surface area contributed by atoms with Gasteiger partial charge in [-0.05, 0) is 23.5 Å². The van der Waals surface area contributed by atoms with Gasteiger partial charge in [0.1, 0.15) is 0 Å². The molecule has 15 heavy (non-hydrogen) atoms. The number of halogens is 1. The number of hydrogen-bond acceptors (Lipinski definition) is 2. The average molecular weight is 247 g/mol. The van der Waals surface area contributed by atoms with Crippen molar-refractivity contribution >= 4 is 19.7 Å². The van der Waals surface area contributed by atoms with Crippen LogP contribution in [0.3, 0.4) is 0 Å². The molecule has 0 amide bonds. The number of benzene rings is 1. The summed E-state index contributed by atoms with van der Waals surface area (Å²) >= 11 is 0. The molecule has 84 valence electrons. The molecule has 2 nitrogen and oxygen atoms in total. The zero-order chi connectivity index (χ0) is 11.5. The Morgan fingerprint density at radius 2 is 1.73 bits per heavy atom. The highest BCUT2D eigenvalue weighted by molar-refractivity contribution is 8.13. The molecule has 4 heteroatoms. The first-order chi connectivity index (χ1) is 6.88. The Morgan fingerprint density at radius 3 is 2.13 bits per heavy atom. The molecule has 0 bridgehead atoms. The van der Waals surface area contributed by atoms with E-state index in [0.29, 0.717) is 12.3 Å². The monoisotopic (exact) mass is 246 g/mol. The van der Waals surface area contributed by atoms with Crippen LogP contribution in [0.15, 0.2) is 24.3 Å². The van der Waals surface area contributed by atoms with Crippen molar-refractivity contribution in [3.8, 4) is 0 Å². The van der Waals surface area contributed by atoms with Crippen LogP contribution in [0.25, 0.3) is 0 Å². The Hall–Kier alpha value is -0.540. The summed E-state index contributed by atoms with van der Waals surface area (Å²) in [6.45, 7) is 4.25. The van der Waals surface area contributed by atoms with Crippen LogP contribution in [0.2, 0.25) is 0 Å². The zero-order valence-electron chi connectivity index (χ0n) is 8.90. The Bertz CT molecular complexity index is 407. The number of hydrogen-bond donors (Lipinski definition) is 0. The minimum absolute atomic E-state index is 0.00438. The van der Waals surface area contributed by atoms with E-state index in [1.807, 2.05) is 24.3 Å². The van der Waals surface area contributed by atoms with Crippen LogP contribution in [-0.2, 0) is 15.5 Å². The van der Waals surface area contributed by atoms with Gasteiger partial charge in [0, 0.05) is 10.7 Å². The summed E-state index contributed by atoms with van der Waals surface area (Å²) < 4.78 is 21.5. The van der Waals surface area contributed by atoms with Gasteiger partial charge in [-0.3, -0.25) is 0 Å². The van der Waals surface area contributed by atoms with Crippen LogP contribution in [-0.4, -0.2) is 14.2 Å². The quantitative estimate of drug-likeness (QED) is 0.766. The molecule has 0 atom stereocenters. The predicted molar refractivity (Wildman–Crippen MR) is 63.9 cm³/mol. The molecule has 0 aliphatic carbocycles. The predicted octanol–water partition coefficient (Wildman–Crippen LogP) is 2.92. The molecule has 0 aliphatic rings. The van der Waals surface area contributed by atoms with Crippen LogP contribution in [0.5, 0.6) is 0 Å². The SMILES string of the molecule is CC(C)c1ccc(CCS(=O)(=O)Cl)cc1. The lowest BCUT2D eigenvalue weighted by Crippen LogP contribution is -2.01. The fourth-order valence-electron chi connectivity index (χ4n) is 1.31. The van der Waals surface area contributed by atoms with Gasteiger partial charge in [-0.2, -0.15) is 0 Å². The van der Waals surface area contributed by atoms with Gasteiger partial charge >= 0.3 is 0 Å². The molecule has 0 radical (unpaired) electrons. The van der Waals surface area contributed by atoms with E-state index in [2.05, 4.69) is 13.8 Å². The standard InChI is InChI=1S/C11H15ClO2S/c1-9(2)11-5-3-10(4-6-11)7-8-15(12,13)14/h3-6,9H,7-8H2,1-2H3. The molecule has 0 heterocycles. The Labute approximate surface area is 95.7 Å². The van der Waals surface area contributed by atoms with Gasteiger partial charge in [-0.25, -0.2) is 8.42 Å². The molecule has 0 aromatic heterocycles. The minimum Gasteiger partial charge on any atom is -0.212 e. The lowest BCUT2D eigenvalue weighted by molar-refractivity contribution is 0.609. The summed E-state index contributed by atoms with van der Waals surface area (Å²) in [6, 6.07) is 7.97. The van der Waals surface area contributed by atoms with Crippen molar-refractivity contribution < 1.29 is 8.42 Å². The van der Waals surface area contributed by atoms with Gasteiger partial charge in [0.2, 0.25) is 9.05 Å².